The molecule has 4 heteroatoms. The summed E-state index contributed by atoms with van der Waals surface area (Å²) in [6.45, 7) is 9.47. The number of aromatic nitrogens is 2. The molecule has 2 N–H and O–H groups in total. The molecule has 130 valence electrons. The van der Waals surface area contributed by atoms with Crippen molar-refractivity contribution >= 4 is 34.6 Å². The summed E-state index contributed by atoms with van der Waals surface area (Å²) in [6.07, 6.45) is 11.7. The number of pyridine rings is 1. The van der Waals surface area contributed by atoms with Crippen molar-refractivity contribution in [1.29, 1.82) is 0 Å². The molecule has 0 aliphatic heterocycles. The van der Waals surface area contributed by atoms with Crippen LogP contribution >= 0.6 is 0 Å². The Hall–Kier alpha value is -3.40. The molecule has 1 aromatic carbocycles. The Bertz CT molecular complexity index is 1110. The standard InChI is InChI=1S/C22H21N3O/c1-4-6-8-20-16(7-5-2)11-18(14-24-20)25-22(26)17-9-10-21-19(12-17)15(3)13-23-21/h4-5,7-14,23H,1-2,6H2,3H3,(H,25,26)/b16-7-,20-8?. The van der Waals surface area contributed by atoms with E-state index < -0.39 is 0 Å². The first kappa shape index (κ1) is 17.4. The summed E-state index contributed by atoms with van der Waals surface area (Å²) in [7, 11) is 0. The number of nitrogens with zero attached hydrogens (tertiary/aromatic N) is 1. The Labute approximate surface area is 152 Å². The summed E-state index contributed by atoms with van der Waals surface area (Å²) < 4.78 is 0. The van der Waals surface area contributed by atoms with E-state index in [1.165, 1.54) is 0 Å². The lowest BCUT2D eigenvalue weighted by Crippen LogP contribution is -2.28. The number of hydrogen-bond acceptors (Lipinski definition) is 2. The van der Waals surface area contributed by atoms with Gasteiger partial charge in [-0.15, -0.1) is 6.58 Å². The maximum absolute atomic E-state index is 12.6. The predicted molar refractivity (Wildman–Crippen MR) is 108 cm³/mol. The molecule has 2 aromatic heterocycles. The molecule has 0 saturated heterocycles. The molecule has 0 atom stereocenters. The number of benzene rings is 1. The zero-order chi connectivity index (χ0) is 18.5. The second kappa shape index (κ2) is 7.66. The van der Waals surface area contributed by atoms with E-state index in [0.29, 0.717) is 11.3 Å². The zero-order valence-corrected chi connectivity index (χ0v) is 14.8. The second-order valence-corrected chi connectivity index (χ2v) is 6.02. The van der Waals surface area contributed by atoms with Crippen molar-refractivity contribution in [3.8, 4) is 0 Å². The fraction of sp³-hybridized carbons (Fsp3) is 0.0909. The first-order valence-electron chi connectivity index (χ1n) is 8.41. The molecular formula is C22H21N3O. The maximum atomic E-state index is 12.6. The summed E-state index contributed by atoms with van der Waals surface area (Å²) in [4.78, 5) is 20.2. The van der Waals surface area contributed by atoms with Crippen LogP contribution in [0.1, 0.15) is 22.3 Å². The van der Waals surface area contributed by atoms with Gasteiger partial charge in [0.15, 0.2) is 0 Å². The largest absolute Gasteiger partial charge is 0.361 e. The first-order valence-corrected chi connectivity index (χ1v) is 8.41. The van der Waals surface area contributed by atoms with Gasteiger partial charge >= 0.3 is 0 Å². The number of amides is 1. The Morgan fingerprint density at radius 1 is 1.31 bits per heavy atom. The molecule has 26 heavy (non-hydrogen) atoms. The van der Waals surface area contributed by atoms with Crippen LogP contribution in [0.2, 0.25) is 0 Å². The summed E-state index contributed by atoms with van der Waals surface area (Å²) in [5.74, 6) is -0.165. The van der Waals surface area contributed by atoms with Crippen molar-refractivity contribution in [1.82, 2.24) is 9.97 Å². The van der Waals surface area contributed by atoms with Gasteiger partial charge in [-0.3, -0.25) is 9.78 Å². The third-order valence-corrected chi connectivity index (χ3v) is 4.13. The number of fused-ring (bicyclic) bond motifs is 1. The van der Waals surface area contributed by atoms with E-state index in [1.807, 2.05) is 55.6 Å². The second-order valence-electron chi connectivity index (χ2n) is 6.02. The minimum Gasteiger partial charge on any atom is -0.361 e. The Morgan fingerprint density at radius 3 is 2.92 bits per heavy atom. The predicted octanol–water partition coefficient (Wildman–Crippen LogP) is 3.45. The van der Waals surface area contributed by atoms with Gasteiger partial charge in [0.2, 0.25) is 0 Å². The van der Waals surface area contributed by atoms with E-state index in [0.717, 1.165) is 33.5 Å². The van der Waals surface area contributed by atoms with E-state index in [2.05, 4.69) is 28.4 Å². The van der Waals surface area contributed by atoms with Gasteiger partial charge in [0.25, 0.3) is 5.91 Å². The molecule has 0 aliphatic carbocycles. The van der Waals surface area contributed by atoms with Crippen LogP contribution in [0.25, 0.3) is 23.1 Å². The summed E-state index contributed by atoms with van der Waals surface area (Å²) in [6, 6.07) is 7.51. The molecule has 3 aromatic rings. The quantitative estimate of drug-likeness (QED) is 0.697. The van der Waals surface area contributed by atoms with Gasteiger partial charge in [0.1, 0.15) is 0 Å². The highest BCUT2D eigenvalue weighted by molar-refractivity contribution is 6.06. The van der Waals surface area contributed by atoms with Crippen molar-refractivity contribution in [3.63, 3.8) is 0 Å². The van der Waals surface area contributed by atoms with Crippen molar-refractivity contribution in [2.75, 3.05) is 5.32 Å². The summed E-state index contributed by atoms with van der Waals surface area (Å²) >= 11 is 0. The topological polar surface area (TPSA) is 57.8 Å². The van der Waals surface area contributed by atoms with E-state index in [9.17, 15) is 4.79 Å². The van der Waals surface area contributed by atoms with Gasteiger partial charge in [0, 0.05) is 27.9 Å². The van der Waals surface area contributed by atoms with Crippen LogP contribution in [-0.2, 0) is 0 Å². The number of H-pyrrole nitrogens is 1. The molecule has 0 fully saturated rings. The molecule has 1 amide bonds. The Kier molecular flexibility index (Phi) is 5.13. The first-order chi connectivity index (χ1) is 12.6. The molecule has 0 saturated carbocycles. The number of carbonyl (C=O) groups excluding carboxylic acids is 1. The maximum Gasteiger partial charge on any atom is 0.255 e. The number of aromatic amines is 1. The third-order valence-electron chi connectivity index (χ3n) is 4.13. The monoisotopic (exact) mass is 343 g/mol. The van der Waals surface area contributed by atoms with Crippen molar-refractivity contribution in [2.45, 2.75) is 13.3 Å². The number of aryl methyl sites for hydroxylation is 1. The van der Waals surface area contributed by atoms with Gasteiger partial charge in [-0.25, -0.2) is 0 Å². The van der Waals surface area contributed by atoms with Gasteiger partial charge in [-0.1, -0.05) is 30.9 Å². The van der Waals surface area contributed by atoms with Crippen LogP contribution in [0.4, 0.5) is 5.69 Å². The molecular weight excluding hydrogens is 322 g/mol. The van der Waals surface area contributed by atoms with Gasteiger partial charge < -0.3 is 10.3 Å². The van der Waals surface area contributed by atoms with Crippen LogP contribution in [0.15, 0.2) is 62.0 Å². The van der Waals surface area contributed by atoms with E-state index in [1.54, 1.807) is 12.3 Å². The number of hydrogen-bond donors (Lipinski definition) is 2. The van der Waals surface area contributed by atoms with Gasteiger partial charge in [0.05, 0.1) is 17.2 Å². The van der Waals surface area contributed by atoms with Crippen LogP contribution in [0.5, 0.6) is 0 Å². The number of carbonyl (C=O) groups is 1. The third kappa shape index (κ3) is 3.64. The molecule has 0 unspecified atom stereocenters. The highest BCUT2D eigenvalue weighted by atomic mass is 16.1. The lowest BCUT2D eigenvalue weighted by atomic mass is 10.1. The van der Waals surface area contributed by atoms with Crippen LogP contribution in [0, 0.1) is 6.92 Å². The molecule has 3 rings (SSSR count). The minimum atomic E-state index is -0.165. The van der Waals surface area contributed by atoms with Gasteiger partial charge in [-0.05, 0) is 43.2 Å². The minimum absolute atomic E-state index is 0.165. The van der Waals surface area contributed by atoms with E-state index in [4.69, 9.17) is 0 Å². The number of anilines is 1. The van der Waals surface area contributed by atoms with Crippen LogP contribution in [0.3, 0.4) is 0 Å². The van der Waals surface area contributed by atoms with E-state index in [-0.39, 0.29) is 5.91 Å². The molecule has 0 spiro atoms. The van der Waals surface area contributed by atoms with Crippen LogP contribution < -0.4 is 15.9 Å². The van der Waals surface area contributed by atoms with Crippen molar-refractivity contribution in [2.24, 2.45) is 0 Å². The average molecular weight is 343 g/mol. The normalized spacial score (nSPS) is 12.3. The highest BCUT2D eigenvalue weighted by Gasteiger charge is 2.09. The smallest absolute Gasteiger partial charge is 0.255 e. The Balaban J connectivity index is 1.92. The van der Waals surface area contributed by atoms with E-state index >= 15 is 0 Å². The molecule has 4 nitrogen and oxygen atoms in total. The Morgan fingerprint density at radius 2 is 2.15 bits per heavy atom. The van der Waals surface area contributed by atoms with Crippen molar-refractivity contribution in [3.05, 3.63) is 83.7 Å². The lowest BCUT2D eigenvalue weighted by molar-refractivity contribution is 0.102. The summed E-state index contributed by atoms with van der Waals surface area (Å²) in [5, 5.41) is 5.70. The summed E-state index contributed by atoms with van der Waals surface area (Å²) in [5.41, 5.74) is 3.38. The van der Waals surface area contributed by atoms with Crippen molar-refractivity contribution < 1.29 is 4.79 Å². The zero-order valence-electron chi connectivity index (χ0n) is 14.8. The highest BCUT2D eigenvalue weighted by Crippen LogP contribution is 2.19. The fourth-order valence-electron chi connectivity index (χ4n) is 2.79. The van der Waals surface area contributed by atoms with Crippen LogP contribution in [-0.4, -0.2) is 15.9 Å². The average Bonchev–Trinajstić information content (AvgIpc) is 3.02. The SMILES string of the molecule is C=C/C=c1/cc(NC(=O)c2ccc3[nH]cc(C)c3c2)cnc1=CCC=C. The number of allylic oxidation sites excluding steroid dienone is 2. The lowest BCUT2D eigenvalue weighted by Gasteiger charge is -2.06. The fourth-order valence-corrected chi connectivity index (χ4v) is 2.79. The molecule has 0 radical (unpaired) electrons. The molecule has 2 heterocycles. The number of nitrogens with one attached hydrogen (secondary N) is 2. The molecule has 0 bridgehead atoms. The molecule has 0 aliphatic rings. The number of rotatable bonds is 5. The van der Waals surface area contributed by atoms with Gasteiger partial charge in [-0.2, -0.15) is 0 Å².